The molecule has 0 radical (unpaired) electrons. The maximum absolute atomic E-state index is 10.4. The van der Waals surface area contributed by atoms with Crippen molar-refractivity contribution in [3.8, 4) is 0 Å². The fourth-order valence-corrected chi connectivity index (χ4v) is 3.18. The lowest BCUT2D eigenvalue weighted by molar-refractivity contribution is 0.224. The van der Waals surface area contributed by atoms with Crippen LogP contribution in [0.1, 0.15) is 22.1 Å². The number of thiophene rings is 1. The maximum Gasteiger partial charge on any atom is 0.113 e. The third-order valence-electron chi connectivity index (χ3n) is 3.08. The van der Waals surface area contributed by atoms with Crippen LogP contribution in [0.25, 0.3) is 10.1 Å². The number of hydrogen-bond acceptors (Lipinski definition) is 2. The Balaban J connectivity index is 2.04. The molecule has 1 nitrogen and oxygen atoms in total. The Kier molecular flexibility index (Phi) is 2.90. The quantitative estimate of drug-likeness (QED) is 0.723. The van der Waals surface area contributed by atoms with Crippen molar-refractivity contribution in [1.82, 2.24) is 0 Å². The number of fused-ring (bicyclic) bond motifs is 1. The van der Waals surface area contributed by atoms with E-state index in [0.29, 0.717) is 0 Å². The second-order valence-electron chi connectivity index (χ2n) is 4.50. The van der Waals surface area contributed by atoms with Crippen LogP contribution in [-0.2, 0) is 0 Å². The highest BCUT2D eigenvalue weighted by Gasteiger charge is 2.13. The third-order valence-corrected chi connectivity index (χ3v) is 4.24. The molecule has 1 atom stereocenters. The molecule has 1 N–H and O–H groups in total. The highest BCUT2D eigenvalue weighted by molar-refractivity contribution is 7.19. The van der Waals surface area contributed by atoms with Gasteiger partial charge in [-0.2, -0.15) is 0 Å². The van der Waals surface area contributed by atoms with E-state index in [9.17, 15) is 5.11 Å². The van der Waals surface area contributed by atoms with E-state index in [1.54, 1.807) is 11.3 Å². The van der Waals surface area contributed by atoms with Crippen LogP contribution < -0.4 is 0 Å². The second kappa shape index (κ2) is 4.56. The van der Waals surface area contributed by atoms with E-state index in [-0.39, 0.29) is 0 Å². The van der Waals surface area contributed by atoms with E-state index in [0.717, 1.165) is 10.4 Å². The van der Waals surface area contributed by atoms with E-state index < -0.39 is 6.10 Å². The van der Waals surface area contributed by atoms with Gasteiger partial charge >= 0.3 is 0 Å². The SMILES string of the molecule is Cc1ccc2sc(C(O)c3ccccc3)cc2c1. The average Bonchev–Trinajstić information content (AvgIpc) is 2.81. The highest BCUT2D eigenvalue weighted by atomic mass is 32.1. The largest absolute Gasteiger partial charge is 0.383 e. The molecule has 18 heavy (non-hydrogen) atoms. The van der Waals surface area contributed by atoms with Gasteiger partial charge in [0.1, 0.15) is 6.10 Å². The second-order valence-corrected chi connectivity index (χ2v) is 5.62. The van der Waals surface area contributed by atoms with Gasteiger partial charge in [0.05, 0.1) is 0 Å². The molecule has 3 rings (SSSR count). The summed E-state index contributed by atoms with van der Waals surface area (Å²) in [6, 6.07) is 18.3. The molecule has 0 fully saturated rings. The lowest BCUT2D eigenvalue weighted by atomic mass is 10.1. The first-order chi connectivity index (χ1) is 8.74. The number of aryl methyl sites for hydroxylation is 1. The van der Waals surface area contributed by atoms with Crippen molar-refractivity contribution in [1.29, 1.82) is 0 Å². The molecule has 0 aliphatic heterocycles. The molecule has 1 unspecified atom stereocenters. The molecule has 1 aromatic heterocycles. The predicted molar refractivity (Wildman–Crippen MR) is 77.1 cm³/mol. The number of rotatable bonds is 2. The summed E-state index contributed by atoms with van der Waals surface area (Å²) in [6.07, 6.45) is -0.524. The Hall–Kier alpha value is -1.64. The molecule has 1 heterocycles. The van der Waals surface area contributed by atoms with Crippen LogP contribution in [0.15, 0.2) is 54.6 Å². The van der Waals surface area contributed by atoms with E-state index in [2.05, 4.69) is 31.2 Å². The Morgan fingerprint density at radius 1 is 1.00 bits per heavy atom. The summed E-state index contributed by atoms with van der Waals surface area (Å²) in [5.41, 5.74) is 2.20. The van der Waals surface area contributed by atoms with E-state index in [1.807, 2.05) is 30.3 Å². The first-order valence-electron chi connectivity index (χ1n) is 5.97. The van der Waals surface area contributed by atoms with E-state index in [4.69, 9.17) is 0 Å². The van der Waals surface area contributed by atoms with Gasteiger partial charge in [0.25, 0.3) is 0 Å². The van der Waals surface area contributed by atoms with Crippen molar-refractivity contribution in [3.05, 3.63) is 70.6 Å². The average molecular weight is 254 g/mol. The van der Waals surface area contributed by atoms with Gasteiger partial charge in [-0.3, -0.25) is 0 Å². The van der Waals surface area contributed by atoms with Crippen LogP contribution in [0.4, 0.5) is 0 Å². The monoisotopic (exact) mass is 254 g/mol. The van der Waals surface area contributed by atoms with Gasteiger partial charge in [-0.25, -0.2) is 0 Å². The van der Waals surface area contributed by atoms with Gasteiger partial charge in [-0.05, 0) is 30.0 Å². The molecular weight excluding hydrogens is 240 g/mol. The van der Waals surface area contributed by atoms with Crippen molar-refractivity contribution in [3.63, 3.8) is 0 Å². The van der Waals surface area contributed by atoms with Crippen LogP contribution >= 0.6 is 11.3 Å². The summed E-state index contributed by atoms with van der Waals surface area (Å²) in [5, 5.41) is 11.6. The maximum atomic E-state index is 10.4. The summed E-state index contributed by atoms with van der Waals surface area (Å²) >= 11 is 1.66. The molecule has 0 saturated carbocycles. The highest BCUT2D eigenvalue weighted by Crippen LogP contribution is 2.33. The van der Waals surface area contributed by atoms with Gasteiger partial charge in [0.2, 0.25) is 0 Å². The first-order valence-corrected chi connectivity index (χ1v) is 6.79. The third kappa shape index (κ3) is 2.05. The minimum Gasteiger partial charge on any atom is -0.383 e. The molecule has 2 heteroatoms. The molecule has 0 saturated heterocycles. The summed E-state index contributed by atoms with van der Waals surface area (Å²) in [5.74, 6) is 0. The van der Waals surface area contributed by atoms with Crippen molar-refractivity contribution in [2.75, 3.05) is 0 Å². The Labute approximate surface area is 110 Å². The van der Waals surface area contributed by atoms with Gasteiger partial charge in [0.15, 0.2) is 0 Å². The number of hydrogen-bond donors (Lipinski definition) is 1. The summed E-state index contributed by atoms with van der Waals surface area (Å²) in [7, 11) is 0. The molecule has 0 aliphatic rings. The molecule has 90 valence electrons. The smallest absolute Gasteiger partial charge is 0.113 e. The van der Waals surface area contributed by atoms with Crippen molar-refractivity contribution in [2.24, 2.45) is 0 Å². The van der Waals surface area contributed by atoms with Gasteiger partial charge in [0, 0.05) is 9.58 Å². The zero-order valence-corrected chi connectivity index (χ0v) is 10.9. The van der Waals surface area contributed by atoms with Gasteiger partial charge < -0.3 is 5.11 Å². The van der Waals surface area contributed by atoms with Crippen LogP contribution in [0, 0.1) is 6.92 Å². The normalized spacial score (nSPS) is 12.8. The van der Waals surface area contributed by atoms with Crippen LogP contribution in [0.3, 0.4) is 0 Å². The predicted octanol–water partition coefficient (Wildman–Crippen LogP) is 4.29. The zero-order chi connectivity index (χ0) is 12.5. The van der Waals surface area contributed by atoms with Gasteiger partial charge in [-0.15, -0.1) is 11.3 Å². The number of benzene rings is 2. The minimum atomic E-state index is -0.524. The van der Waals surface area contributed by atoms with Crippen molar-refractivity contribution < 1.29 is 5.11 Å². The molecule has 0 bridgehead atoms. The van der Waals surface area contributed by atoms with E-state index in [1.165, 1.54) is 15.6 Å². The Bertz CT molecular complexity index is 670. The van der Waals surface area contributed by atoms with E-state index >= 15 is 0 Å². The fraction of sp³-hybridized carbons (Fsp3) is 0.125. The molecule has 0 amide bonds. The van der Waals surface area contributed by atoms with Crippen LogP contribution in [-0.4, -0.2) is 5.11 Å². The minimum absolute atomic E-state index is 0.524. The van der Waals surface area contributed by atoms with Crippen molar-refractivity contribution >= 4 is 21.4 Å². The van der Waals surface area contributed by atoms with Crippen molar-refractivity contribution in [2.45, 2.75) is 13.0 Å². The lowest BCUT2D eigenvalue weighted by Crippen LogP contribution is -1.95. The van der Waals surface area contributed by atoms with Gasteiger partial charge in [-0.1, -0.05) is 48.0 Å². The van der Waals surface area contributed by atoms with Crippen LogP contribution in [0.5, 0.6) is 0 Å². The molecule has 2 aromatic carbocycles. The lowest BCUT2D eigenvalue weighted by Gasteiger charge is -2.07. The zero-order valence-electron chi connectivity index (χ0n) is 10.1. The topological polar surface area (TPSA) is 20.2 Å². The number of aliphatic hydroxyl groups is 1. The number of aliphatic hydroxyl groups excluding tert-OH is 1. The van der Waals surface area contributed by atoms with Crippen LogP contribution in [0.2, 0.25) is 0 Å². The summed E-state index contributed by atoms with van der Waals surface area (Å²) in [4.78, 5) is 1.00. The molecule has 0 aliphatic carbocycles. The summed E-state index contributed by atoms with van der Waals surface area (Å²) < 4.78 is 1.23. The fourth-order valence-electron chi connectivity index (χ4n) is 2.12. The Morgan fingerprint density at radius 3 is 2.56 bits per heavy atom. The first kappa shape index (κ1) is 11.5. The summed E-state index contributed by atoms with van der Waals surface area (Å²) in [6.45, 7) is 2.09. The Morgan fingerprint density at radius 2 is 1.78 bits per heavy atom. The standard InChI is InChI=1S/C16H14OS/c1-11-7-8-14-13(9-11)10-15(18-14)16(17)12-5-3-2-4-6-12/h2-10,16-17H,1H3. The molecule has 0 spiro atoms. The molecule has 3 aromatic rings. The molecular formula is C16H14OS.